The van der Waals surface area contributed by atoms with E-state index >= 15 is 0 Å². The second-order valence-corrected chi connectivity index (χ2v) is 6.05. The monoisotopic (exact) mass is 347 g/mol. The van der Waals surface area contributed by atoms with Gasteiger partial charge in [-0.3, -0.25) is 14.7 Å². The quantitative estimate of drug-likeness (QED) is 0.765. The van der Waals surface area contributed by atoms with E-state index in [0.717, 1.165) is 0 Å². The first-order valence-electron chi connectivity index (χ1n) is 7.90. The van der Waals surface area contributed by atoms with Gasteiger partial charge in [0.2, 0.25) is 0 Å². The second kappa shape index (κ2) is 7.02. The number of carboxylic acid groups (broad SMARTS) is 1. The Bertz CT molecular complexity index is 766. The summed E-state index contributed by atoms with van der Waals surface area (Å²) in [6.07, 6.45) is 2.06. The fraction of sp³-hybridized carbons (Fsp3) is 0.353. The molecule has 0 spiro atoms. The Hall–Kier alpha value is -2.74. The first-order valence-corrected chi connectivity index (χ1v) is 7.90. The molecule has 0 bridgehead atoms. The molecule has 8 heteroatoms. The summed E-state index contributed by atoms with van der Waals surface area (Å²) in [5, 5.41) is 18.8. The van der Waals surface area contributed by atoms with E-state index < -0.39 is 17.3 Å². The zero-order valence-corrected chi connectivity index (χ0v) is 13.4. The summed E-state index contributed by atoms with van der Waals surface area (Å²) < 4.78 is 18.3. The van der Waals surface area contributed by atoms with E-state index in [2.05, 4.69) is 15.5 Å². The molecule has 25 heavy (non-hydrogen) atoms. The smallest absolute Gasteiger partial charge is 0.311 e. The molecule has 0 radical (unpaired) electrons. The highest BCUT2D eigenvalue weighted by Gasteiger charge is 2.40. The predicted octanol–water partition coefficient (Wildman–Crippen LogP) is 1.83. The van der Waals surface area contributed by atoms with E-state index in [0.29, 0.717) is 37.3 Å². The van der Waals surface area contributed by atoms with Crippen molar-refractivity contribution >= 4 is 11.9 Å². The van der Waals surface area contributed by atoms with Crippen LogP contribution in [0.1, 0.15) is 23.2 Å². The summed E-state index contributed by atoms with van der Waals surface area (Å²) in [7, 11) is 0. The van der Waals surface area contributed by atoms with Crippen molar-refractivity contribution in [2.24, 2.45) is 5.41 Å². The normalized spacial score (nSPS) is 16.4. The van der Waals surface area contributed by atoms with Gasteiger partial charge < -0.3 is 15.2 Å². The molecule has 3 rings (SSSR count). The van der Waals surface area contributed by atoms with Crippen LogP contribution >= 0.6 is 0 Å². The van der Waals surface area contributed by atoms with Crippen molar-refractivity contribution in [1.29, 1.82) is 0 Å². The molecule has 0 unspecified atom stereocenters. The fourth-order valence-corrected chi connectivity index (χ4v) is 2.87. The third kappa shape index (κ3) is 3.53. The number of aromatic amines is 1. The van der Waals surface area contributed by atoms with E-state index in [-0.39, 0.29) is 17.9 Å². The molecular weight excluding hydrogens is 329 g/mol. The maximum Gasteiger partial charge on any atom is 0.311 e. The number of rotatable bonds is 5. The molecule has 132 valence electrons. The molecule has 1 aromatic carbocycles. The highest BCUT2D eigenvalue weighted by molar-refractivity contribution is 6.00. The van der Waals surface area contributed by atoms with Gasteiger partial charge >= 0.3 is 5.97 Å². The number of carbonyl (C=O) groups is 2. The van der Waals surface area contributed by atoms with Gasteiger partial charge in [-0.1, -0.05) is 0 Å². The number of H-pyrrole nitrogens is 1. The summed E-state index contributed by atoms with van der Waals surface area (Å²) >= 11 is 0. The van der Waals surface area contributed by atoms with Crippen LogP contribution in [-0.4, -0.2) is 46.9 Å². The summed E-state index contributed by atoms with van der Waals surface area (Å²) in [6, 6.07) is 5.66. The molecule has 2 aromatic rings. The SMILES string of the molecule is O=C(NCC1(C(=O)O)CCOCC1)c1cn[nH]c1-c1ccc(F)cc1. The molecule has 0 saturated carbocycles. The molecule has 1 saturated heterocycles. The van der Waals surface area contributed by atoms with Gasteiger partial charge in [0.1, 0.15) is 5.82 Å². The van der Waals surface area contributed by atoms with Crippen LogP contribution < -0.4 is 5.32 Å². The van der Waals surface area contributed by atoms with Crippen LogP contribution in [0.2, 0.25) is 0 Å². The number of nitrogens with one attached hydrogen (secondary N) is 2. The van der Waals surface area contributed by atoms with Crippen LogP contribution in [0.5, 0.6) is 0 Å². The van der Waals surface area contributed by atoms with Gasteiger partial charge in [-0.25, -0.2) is 4.39 Å². The fourth-order valence-electron chi connectivity index (χ4n) is 2.87. The lowest BCUT2D eigenvalue weighted by molar-refractivity contribution is -0.154. The molecule has 0 atom stereocenters. The summed E-state index contributed by atoms with van der Waals surface area (Å²) in [6.45, 7) is 0.724. The van der Waals surface area contributed by atoms with Crippen molar-refractivity contribution in [3.8, 4) is 11.3 Å². The highest BCUT2D eigenvalue weighted by Crippen LogP contribution is 2.30. The lowest BCUT2D eigenvalue weighted by Crippen LogP contribution is -2.46. The second-order valence-electron chi connectivity index (χ2n) is 6.05. The molecule has 2 heterocycles. The zero-order valence-electron chi connectivity index (χ0n) is 13.4. The van der Waals surface area contributed by atoms with Gasteiger partial charge in [-0.05, 0) is 37.1 Å². The average Bonchev–Trinajstić information content (AvgIpc) is 3.11. The van der Waals surface area contributed by atoms with Crippen LogP contribution in [0.25, 0.3) is 11.3 Å². The number of halogens is 1. The summed E-state index contributed by atoms with van der Waals surface area (Å²) in [4.78, 5) is 24.1. The Morgan fingerprint density at radius 1 is 1.28 bits per heavy atom. The average molecular weight is 347 g/mol. The Morgan fingerprint density at radius 3 is 2.60 bits per heavy atom. The number of hydrogen-bond donors (Lipinski definition) is 3. The van der Waals surface area contributed by atoms with Crippen LogP contribution in [-0.2, 0) is 9.53 Å². The van der Waals surface area contributed by atoms with E-state index in [9.17, 15) is 19.1 Å². The minimum Gasteiger partial charge on any atom is -0.481 e. The lowest BCUT2D eigenvalue weighted by Gasteiger charge is -2.33. The maximum atomic E-state index is 13.1. The van der Waals surface area contributed by atoms with Crippen molar-refractivity contribution in [3.63, 3.8) is 0 Å². The van der Waals surface area contributed by atoms with Crippen molar-refractivity contribution in [1.82, 2.24) is 15.5 Å². The van der Waals surface area contributed by atoms with Crippen molar-refractivity contribution < 1.29 is 23.8 Å². The van der Waals surface area contributed by atoms with E-state index in [1.54, 1.807) is 0 Å². The number of carboxylic acids is 1. The number of nitrogens with zero attached hydrogens (tertiary/aromatic N) is 1. The van der Waals surface area contributed by atoms with Gasteiger partial charge in [0.25, 0.3) is 5.91 Å². The van der Waals surface area contributed by atoms with Crippen LogP contribution in [0.3, 0.4) is 0 Å². The third-order valence-electron chi connectivity index (χ3n) is 4.51. The molecule has 1 fully saturated rings. The van der Waals surface area contributed by atoms with Crippen LogP contribution in [0, 0.1) is 11.2 Å². The Kier molecular flexibility index (Phi) is 4.80. The highest BCUT2D eigenvalue weighted by atomic mass is 19.1. The van der Waals surface area contributed by atoms with Gasteiger partial charge in [0.15, 0.2) is 0 Å². The number of amides is 1. The number of hydrogen-bond acceptors (Lipinski definition) is 4. The molecule has 1 aliphatic heterocycles. The van der Waals surface area contributed by atoms with Crippen molar-refractivity contribution in [2.45, 2.75) is 12.8 Å². The zero-order chi connectivity index (χ0) is 17.9. The molecule has 0 aliphatic carbocycles. The number of ether oxygens (including phenoxy) is 1. The molecule has 1 aromatic heterocycles. The minimum absolute atomic E-state index is 0.0125. The number of benzene rings is 1. The van der Waals surface area contributed by atoms with Gasteiger partial charge in [-0.2, -0.15) is 5.10 Å². The topological polar surface area (TPSA) is 104 Å². The number of aliphatic carboxylic acids is 1. The molecule has 3 N–H and O–H groups in total. The van der Waals surface area contributed by atoms with E-state index in [4.69, 9.17) is 4.74 Å². The Balaban J connectivity index is 1.75. The minimum atomic E-state index is -1.02. The summed E-state index contributed by atoms with van der Waals surface area (Å²) in [5.74, 6) is -1.75. The predicted molar refractivity (Wildman–Crippen MR) is 86.4 cm³/mol. The molecule has 7 nitrogen and oxygen atoms in total. The van der Waals surface area contributed by atoms with Gasteiger partial charge in [0.05, 0.1) is 22.9 Å². The van der Waals surface area contributed by atoms with E-state index in [1.165, 1.54) is 30.5 Å². The molecule has 1 amide bonds. The summed E-state index contributed by atoms with van der Waals surface area (Å²) in [5.41, 5.74) is 0.323. The van der Waals surface area contributed by atoms with Crippen molar-refractivity contribution in [3.05, 3.63) is 41.8 Å². The van der Waals surface area contributed by atoms with Gasteiger partial charge in [-0.15, -0.1) is 0 Å². The largest absolute Gasteiger partial charge is 0.481 e. The molecular formula is C17H18FN3O4. The van der Waals surface area contributed by atoms with Crippen LogP contribution in [0.4, 0.5) is 4.39 Å². The Labute approximate surface area is 143 Å². The number of aromatic nitrogens is 2. The Morgan fingerprint density at radius 2 is 1.96 bits per heavy atom. The lowest BCUT2D eigenvalue weighted by atomic mass is 9.80. The number of carbonyl (C=O) groups excluding carboxylic acids is 1. The van der Waals surface area contributed by atoms with Crippen molar-refractivity contribution in [2.75, 3.05) is 19.8 Å². The van der Waals surface area contributed by atoms with Crippen LogP contribution in [0.15, 0.2) is 30.5 Å². The molecule has 1 aliphatic rings. The third-order valence-corrected chi connectivity index (χ3v) is 4.51. The van der Waals surface area contributed by atoms with E-state index in [1.807, 2.05) is 0 Å². The first-order chi connectivity index (χ1) is 12.0. The van der Waals surface area contributed by atoms with Gasteiger partial charge in [0, 0.05) is 25.3 Å². The standard InChI is InChI=1S/C17H18FN3O4/c18-12-3-1-11(2-4-12)14-13(9-20-21-14)15(22)19-10-17(16(23)24)5-7-25-8-6-17/h1-4,9H,5-8,10H2,(H,19,22)(H,20,21)(H,23,24). The first kappa shape index (κ1) is 17.1. The maximum absolute atomic E-state index is 13.1.